The Balaban J connectivity index is 2.59. The van der Waals surface area contributed by atoms with Gasteiger partial charge in [0.15, 0.2) is 0 Å². The minimum absolute atomic E-state index is 0.00661. The molecular weight excluding hydrogens is 315 g/mol. The molecule has 0 bridgehead atoms. The topological polar surface area (TPSA) is 32.3 Å². The molecule has 0 radical (unpaired) electrons. The molecule has 1 amide bonds. The van der Waals surface area contributed by atoms with E-state index in [9.17, 15) is 4.79 Å². The first-order chi connectivity index (χ1) is 7.49. The number of hydrogen-bond acceptors (Lipinski definition) is 2. The Labute approximate surface area is 110 Å². The fourth-order valence-electron chi connectivity index (χ4n) is 1.53. The molecule has 0 spiro atoms. The van der Waals surface area contributed by atoms with Crippen molar-refractivity contribution in [1.29, 1.82) is 0 Å². The van der Waals surface area contributed by atoms with Crippen LogP contribution in [0.4, 0.5) is 0 Å². The summed E-state index contributed by atoms with van der Waals surface area (Å²) in [5.41, 5.74) is 0.720. The van der Waals surface area contributed by atoms with Gasteiger partial charge >= 0.3 is 0 Å². The lowest BCUT2D eigenvalue weighted by atomic mass is 10.2. The third-order valence-corrected chi connectivity index (χ3v) is 2.77. The van der Waals surface area contributed by atoms with Gasteiger partial charge in [-0.05, 0) is 61.8 Å². The van der Waals surface area contributed by atoms with Crippen molar-refractivity contribution >= 4 is 28.5 Å². The number of nitrogens with zero attached hydrogens (tertiary/aromatic N) is 1. The Hall–Kier alpha value is -0.620. The van der Waals surface area contributed by atoms with E-state index in [1.165, 1.54) is 0 Å². The van der Waals surface area contributed by atoms with Gasteiger partial charge < -0.3 is 10.2 Å². The Morgan fingerprint density at radius 1 is 1.50 bits per heavy atom. The molecule has 1 N–H and O–H groups in total. The van der Waals surface area contributed by atoms with Crippen LogP contribution >= 0.6 is 22.6 Å². The number of benzene rings is 1. The summed E-state index contributed by atoms with van der Waals surface area (Å²) in [6.07, 6.45) is 0. The van der Waals surface area contributed by atoms with E-state index >= 15 is 0 Å². The zero-order valence-electron chi connectivity index (χ0n) is 9.83. The summed E-state index contributed by atoms with van der Waals surface area (Å²) in [6, 6.07) is 7.74. The third-order valence-electron chi connectivity index (χ3n) is 2.10. The highest BCUT2D eigenvalue weighted by Crippen LogP contribution is 2.07. The number of hydrogen-bond donors (Lipinski definition) is 1. The second kappa shape index (κ2) is 6.20. The van der Waals surface area contributed by atoms with E-state index < -0.39 is 0 Å². The van der Waals surface area contributed by atoms with Gasteiger partial charge in [0.05, 0.1) is 0 Å². The summed E-state index contributed by atoms with van der Waals surface area (Å²) in [5.74, 6) is -0.00661. The molecule has 0 saturated heterocycles. The number of amides is 1. The van der Waals surface area contributed by atoms with Crippen molar-refractivity contribution in [2.24, 2.45) is 0 Å². The molecule has 4 heteroatoms. The number of rotatable bonds is 4. The van der Waals surface area contributed by atoms with Crippen LogP contribution in [-0.2, 0) is 0 Å². The molecular formula is C12H17IN2O. The van der Waals surface area contributed by atoms with Crippen molar-refractivity contribution in [2.75, 3.05) is 20.6 Å². The maximum atomic E-state index is 11.9. The predicted octanol–water partition coefficient (Wildman–Crippen LogP) is 1.97. The molecule has 0 heterocycles. The quantitative estimate of drug-likeness (QED) is 0.855. The summed E-state index contributed by atoms with van der Waals surface area (Å²) in [5, 5.41) is 2.97. The van der Waals surface area contributed by atoms with E-state index in [1.807, 2.05) is 45.3 Å². The maximum Gasteiger partial charge on any atom is 0.251 e. The predicted molar refractivity (Wildman–Crippen MR) is 74.6 cm³/mol. The molecule has 1 aromatic rings. The Kier molecular flexibility index (Phi) is 5.21. The molecule has 1 unspecified atom stereocenters. The van der Waals surface area contributed by atoms with E-state index in [2.05, 4.69) is 32.8 Å². The van der Waals surface area contributed by atoms with Gasteiger partial charge in [0.25, 0.3) is 5.91 Å². The van der Waals surface area contributed by atoms with E-state index in [0.29, 0.717) is 0 Å². The third kappa shape index (κ3) is 4.49. The molecule has 1 rings (SSSR count). The zero-order chi connectivity index (χ0) is 12.1. The Morgan fingerprint density at radius 3 is 2.75 bits per heavy atom. The fraction of sp³-hybridized carbons (Fsp3) is 0.417. The van der Waals surface area contributed by atoms with Gasteiger partial charge in [-0.2, -0.15) is 0 Å². The number of nitrogens with one attached hydrogen (secondary N) is 1. The van der Waals surface area contributed by atoms with E-state index in [1.54, 1.807) is 0 Å². The van der Waals surface area contributed by atoms with Crippen LogP contribution in [0.25, 0.3) is 0 Å². The molecule has 3 nitrogen and oxygen atoms in total. The second-order valence-corrected chi connectivity index (χ2v) is 5.39. The van der Waals surface area contributed by atoms with Crippen molar-refractivity contribution in [3.63, 3.8) is 0 Å². The normalized spacial score (nSPS) is 12.6. The van der Waals surface area contributed by atoms with Crippen LogP contribution in [0.1, 0.15) is 17.3 Å². The van der Waals surface area contributed by atoms with Gasteiger partial charge in [0.1, 0.15) is 0 Å². The largest absolute Gasteiger partial charge is 0.348 e. The molecule has 0 aromatic heterocycles. The highest BCUT2D eigenvalue weighted by molar-refractivity contribution is 14.1. The van der Waals surface area contributed by atoms with Crippen LogP contribution in [0.2, 0.25) is 0 Å². The van der Waals surface area contributed by atoms with E-state index in [0.717, 1.165) is 15.7 Å². The highest BCUT2D eigenvalue weighted by Gasteiger charge is 2.10. The number of carbonyl (C=O) groups is 1. The zero-order valence-corrected chi connectivity index (χ0v) is 12.0. The SMILES string of the molecule is CC(CN(C)C)NC(=O)c1cccc(I)c1. The van der Waals surface area contributed by atoms with Gasteiger partial charge in [-0.1, -0.05) is 6.07 Å². The van der Waals surface area contributed by atoms with Crippen molar-refractivity contribution in [3.8, 4) is 0 Å². The van der Waals surface area contributed by atoms with Crippen molar-refractivity contribution in [3.05, 3.63) is 33.4 Å². The van der Waals surface area contributed by atoms with Gasteiger partial charge in [-0.25, -0.2) is 0 Å². The average Bonchev–Trinajstić information content (AvgIpc) is 2.16. The van der Waals surface area contributed by atoms with E-state index in [4.69, 9.17) is 0 Å². The molecule has 1 aromatic carbocycles. The summed E-state index contributed by atoms with van der Waals surface area (Å²) >= 11 is 2.20. The van der Waals surface area contributed by atoms with Crippen molar-refractivity contribution < 1.29 is 4.79 Å². The summed E-state index contributed by atoms with van der Waals surface area (Å²) in [6.45, 7) is 2.85. The van der Waals surface area contributed by atoms with Crippen LogP contribution in [0.15, 0.2) is 24.3 Å². The Bertz CT molecular complexity index is 366. The summed E-state index contributed by atoms with van der Waals surface area (Å²) in [7, 11) is 3.99. The van der Waals surface area contributed by atoms with Crippen LogP contribution < -0.4 is 5.32 Å². The number of likely N-dealkylation sites (N-methyl/N-ethyl adjacent to an activating group) is 1. The fourth-order valence-corrected chi connectivity index (χ4v) is 2.07. The smallest absolute Gasteiger partial charge is 0.251 e. The Morgan fingerprint density at radius 2 is 2.19 bits per heavy atom. The van der Waals surface area contributed by atoms with Crippen molar-refractivity contribution in [2.45, 2.75) is 13.0 Å². The standard InChI is InChI=1S/C12H17IN2O/c1-9(8-15(2)3)14-12(16)10-5-4-6-11(13)7-10/h4-7,9H,8H2,1-3H3,(H,14,16). The molecule has 0 saturated carbocycles. The van der Waals surface area contributed by atoms with Crippen LogP contribution in [0.5, 0.6) is 0 Å². The lowest BCUT2D eigenvalue weighted by molar-refractivity contribution is 0.0934. The molecule has 88 valence electrons. The molecule has 0 aliphatic carbocycles. The molecule has 16 heavy (non-hydrogen) atoms. The lowest BCUT2D eigenvalue weighted by Gasteiger charge is -2.18. The number of carbonyl (C=O) groups excluding carboxylic acids is 1. The van der Waals surface area contributed by atoms with Crippen LogP contribution in [-0.4, -0.2) is 37.5 Å². The molecule has 0 aliphatic rings. The highest BCUT2D eigenvalue weighted by atomic mass is 127. The van der Waals surface area contributed by atoms with Crippen LogP contribution in [0.3, 0.4) is 0 Å². The first-order valence-electron chi connectivity index (χ1n) is 5.20. The number of halogens is 1. The summed E-state index contributed by atoms with van der Waals surface area (Å²) in [4.78, 5) is 13.9. The van der Waals surface area contributed by atoms with Gasteiger partial charge in [-0.15, -0.1) is 0 Å². The summed E-state index contributed by atoms with van der Waals surface area (Å²) < 4.78 is 1.07. The van der Waals surface area contributed by atoms with Gasteiger partial charge in [0, 0.05) is 21.7 Å². The van der Waals surface area contributed by atoms with Crippen LogP contribution in [0, 0.1) is 3.57 Å². The van der Waals surface area contributed by atoms with Gasteiger partial charge in [0.2, 0.25) is 0 Å². The first-order valence-corrected chi connectivity index (χ1v) is 6.28. The molecule has 0 aliphatic heterocycles. The maximum absolute atomic E-state index is 11.9. The molecule has 0 fully saturated rings. The van der Waals surface area contributed by atoms with E-state index in [-0.39, 0.29) is 11.9 Å². The first kappa shape index (κ1) is 13.4. The second-order valence-electron chi connectivity index (χ2n) is 4.15. The minimum Gasteiger partial charge on any atom is -0.348 e. The minimum atomic E-state index is -0.00661. The molecule has 1 atom stereocenters. The monoisotopic (exact) mass is 332 g/mol. The van der Waals surface area contributed by atoms with Gasteiger partial charge in [-0.3, -0.25) is 4.79 Å². The van der Waals surface area contributed by atoms with Crippen molar-refractivity contribution in [1.82, 2.24) is 10.2 Å². The lowest BCUT2D eigenvalue weighted by Crippen LogP contribution is -2.39. The average molecular weight is 332 g/mol.